The molecule has 0 N–H and O–H groups in total. The topological polar surface area (TPSA) is 9.23 Å². The molecule has 0 radical (unpaired) electrons. The van der Waals surface area contributed by atoms with Crippen molar-refractivity contribution in [3.05, 3.63) is 65.5 Å². The Morgan fingerprint density at radius 3 is 2.21 bits per heavy atom. The summed E-state index contributed by atoms with van der Waals surface area (Å²) in [5.74, 6) is -2.20. The monoisotopic (exact) mass is 330 g/mol. The van der Waals surface area contributed by atoms with Gasteiger partial charge < -0.3 is 4.74 Å². The van der Waals surface area contributed by atoms with Crippen molar-refractivity contribution in [2.24, 2.45) is 0 Å². The molecular formula is C20H17F3O. The molecule has 0 atom stereocenters. The summed E-state index contributed by atoms with van der Waals surface area (Å²) in [5.41, 5.74) is 1.08. The van der Waals surface area contributed by atoms with Crippen LogP contribution < -0.4 is 4.74 Å². The van der Waals surface area contributed by atoms with Crippen molar-refractivity contribution in [3.8, 4) is 16.9 Å². The summed E-state index contributed by atoms with van der Waals surface area (Å²) >= 11 is 0. The molecule has 24 heavy (non-hydrogen) atoms. The van der Waals surface area contributed by atoms with E-state index in [-0.39, 0.29) is 16.5 Å². The molecule has 0 spiro atoms. The number of hydrogen-bond acceptors (Lipinski definition) is 1. The van der Waals surface area contributed by atoms with Crippen LogP contribution in [0.25, 0.3) is 21.9 Å². The summed E-state index contributed by atoms with van der Waals surface area (Å²) in [5, 5.41) is 0.0628. The van der Waals surface area contributed by atoms with Gasteiger partial charge in [0.15, 0.2) is 11.6 Å². The summed E-state index contributed by atoms with van der Waals surface area (Å²) in [6.07, 6.45) is 1.11. The fourth-order valence-electron chi connectivity index (χ4n) is 2.88. The molecule has 0 amide bonds. The average molecular weight is 330 g/mol. The summed E-state index contributed by atoms with van der Waals surface area (Å²) in [7, 11) is 1.54. The Balaban J connectivity index is 2.20. The number of benzene rings is 3. The molecule has 0 aliphatic heterocycles. The van der Waals surface area contributed by atoms with E-state index in [0.717, 1.165) is 0 Å². The predicted molar refractivity (Wildman–Crippen MR) is 89.8 cm³/mol. The van der Waals surface area contributed by atoms with Crippen LogP contribution in [0.2, 0.25) is 0 Å². The van der Waals surface area contributed by atoms with E-state index in [2.05, 4.69) is 0 Å². The first-order chi connectivity index (χ1) is 11.6. The molecule has 4 heteroatoms. The van der Waals surface area contributed by atoms with E-state index in [1.54, 1.807) is 36.4 Å². The molecule has 0 aliphatic rings. The maximum atomic E-state index is 14.9. The van der Waals surface area contributed by atoms with Crippen molar-refractivity contribution in [1.29, 1.82) is 0 Å². The van der Waals surface area contributed by atoms with Gasteiger partial charge in [-0.15, -0.1) is 0 Å². The maximum absolute atomic E-state index is 14.9. The molecule has 0 aliphatic carbocycles. The molecule has 3 rings (SSSR count). The van der Waals surface area contributed by atoms with Crippen molar-refractivity contribution < 1.29 is 17.9 Å². The highest BCUT2D eigenvalue weighted by atomic mass is 19.2. The zero-order chi connectivity index (χ0) is 17.3. The third kappa shape index (κ3) is 2.73. The number of methoxy groups -OCH3 is 1. The van der Waals surface area contributed by atoms with E-state index < -0.39 is 17.5 Å². The van der Waals surface area contributed by atoms with Crippen LogP contribution in [0.1, 0.15) is 18.9 Å². The van der Waals surface area contributed by atoms with Gasteiger partial charge in [0.2, 0.25) is 0 Å². The minimum atomic E-state index is -1.12. The number of rotatable bonds is 4. The van der Waals surface area contributed by atoms with Crippen molar-refractivity contribution in [3.63, 3.8) is 0 Å². The summed E-state index contributed by atoms with van der Waals surface area (Å²) in [6.45, 7) is 1.88. The zero-order valence-corrected chi connectivity index (χ0v) is 13.5. The van der Waals surface area contributed by atoms with Gasteiger partial charge in [-0.3, -0.25) is 0 Å². The first-order valence-electron chi connectivity index (χ1n) is 7.80. The molecule has 0 bridgehead atoms. The van der Waals surface area contributed by atoms with Crippen LogP contribution in [0.5, 0.6) is 5.75 Å². The van der Waals surface area contributed by atoms with Crippen molar-refractivity contribution in [2.45, 2.75) is 19.8 Å². The van der Waals surface area contributed by atoms with Crippen LogP contribution >= 0.6 is 0 Å². The van der Waals surface area contributed by atoms with Crippen LogP contribution in [0, 0.1) is 17.5 Å². The van der Waals surface area contributed by atoms with E-state index in [9.17, 15) is 13.2 Å². The van der Waals surface area contributed by atoms with E-state index in [1.165, 1.54) is 13.2 Å². The van der Waals surface area contributed by atoms with Crippen LogP contribution in [0.15, 0.2) is 42.5 Å². The Labute approximate surface area is 138 Å². The van der Waals surface area contributed by atoms with E-state index in [4.69, 9.17) is 4.74 Å². The van der Waals surface area contributed by atoms with E-state index >= 15 is 0 Å². The van der Waals surface area contributed by atoms with Crippen LogP contribution in [0.4, 0.5) is 13.2 Å². The summed E-state index contributed by atoms with van der Waals surface area (Å²) in [6, 6.07) is 11.5. The van der Waals surface area contributed by atoms with Gasteiger partial charge in [0, 0.05) is 5.56 Å². The van der Waals surface area contributed by atoms with Gasteiger partial charge in [-0.2, -0.15) is 0 Å². The minimum Gasteiger partial charge on any atom is -0.497 e. The quantitative estimate of drug-likeness (QED) is 0.580. The first-order valence-corrected chi connectivity index (χ1v) is 7.80. The molecule has 0 fully saturated rings. The average Bonchev–Trinajstić information content (AvgIpc) is 2.60. The molecule has 1 nitrogen and oxygen atoms in total. The van der Waals surface area contributed by atoms with Crippen molar-refractivity contribution in [2.75, 3.05) is 7.11 Å². The second kappa shape index (κ2) is 6.56. The Morgan fingerprint density at radius 1 is 0.875 bits per heavy atom. The Kier molecular flexibility index (Phi) is 4.47. The highest BCUT2D eigenvalue weighted by molar-refractivity contribution is 5.89. The first kappa shape index (κ1) is 16.4. The van der Waals surface area contributed by atoms with Crippen molar-refractivity contribution >= 4 is 10.8 Å². The fraction of sp³-hybridized carbons (Fsp3) is 0.200. The van der Waals surface area contributed by atoms with Crippen LogP contribution in [0.3, 0.4) is 0 Å². The summed E-state index contributed by atoms with van der Waals surface area (Å²) in [4.78, 5) is 0. The van der Waals surface area contributed by atoms with Crippen LogP contribution in [-0.4, -0.2) is 7.11 Å². The Bertz CT molecular complexity index is 886. The third-order valence-corrected chi connectivity index (χ3v) is 4.12. The van der Waals surface area contributed by atoms with Gasteiger partial charge in [-0.1, -0.05) is 37.6 Å². The smallest absolute Gasteiger partial charge is 0.169 e. The third-order valence-electron chi connectivity index (χ3n) is 4.12. The highest BCUT2D eigenvalue weighted by Gasteiger charge is 2.19. The van der Waals surface area contributed by atoms with Gasteiger partial charge >= 0.3 is 0 Å². The number of halogens is 3. The van der Waals surface area contributed by atoms with Gasteiger partial charge in [0.05, 0.1) is 12.5 Å². The lowest BCUT2D eigenvalue weighted by molar-refractivity contribution is 0.415. The second-order valence-corrected chi connectivity index (χ2v) is 5.67. The maximum Gasteiger partial charge on any atom is 0.169 e. The van der Waals surface area contributed by atoms with E-state index in [0.29, 0.717) is 29.5 Å². The standard InChI is InChI=1S/C20H17F3O/c1-3-4-14-11-13-7-10-16(12-5-8-15(24-2)9-6-12)19(22)17(13)20(23)18(14)21/h5-11H,3-4H2,1-2H3. The highest BCUT2D eigenvalue weighted by Crippen LogP contribution is 2.33. The zero-order valence-electron chi connectivity index (χ0n) is 13.5. The molecule has 124 valence electrons. The molecule has 0 saturated carbocycles. The second-order valence-electron chi connectivity index (χ2n) is 5.67. The number of fused-ring (bicyclic) bond motifs is 1. The lowest BCUT2D eigenvalue weighted by atomic mass is 9.97. The largest absolute Gasteiger partial charge is 0.497 e. The van der Waals surface area contributed by atoms with Gasteiger partial charge in [-0.25, -0.2) is 13.2 Å². The molecular weight excluding hydrogens is 313 g/mol. The van der Waals surface area contributed by atoms with Gasteiger partial charge in [-0.05, 0) is 41.1 Å². The van der Waals surface area contributed by atoms with Crippen LogP contribution in [-0.2, 0) is 6.42 Å². The molecule has 3 aromatic carbocycles. The van der Waals surface area contributed by atoms with Gasteiger partial charge in [0.25, 0.3) is 0 Å². The molecule has 0 heterocycles. The van der Waals surface area contributed by atoms with Crippen molar-refractivity contribution in [1.82, 2.24) is 0 Å². The number of hydrogen-bond donors (Lipinski definition) is 0. The number of aryl methyl sites for hydroxylation is 1. The Morgan fingerprint density at radius 2 is 1.58 bits per heavy atom. The molecule has 3 aromatic rings. The molecule has 0 saturated heterocycles. The molecule has 0 unspecified atom stereocenters. The normalized spacial score (nSPS) is 11.0. The van der Waals surface area contributed by atoms with Gasteiger partial charge in [0.1, 0.15) is 11.6 Å². The fourth-order valence-corrected chi connectivity index (χ4v) is 2.88. The predicted octanol–water partition coefficient (Wildman–Crippen LogP) is 5.89. The summed E-state index contributed by atoms with van der Waals surface area (Å²) < 4.78 is 48.5. The molecule has 0 aromatic heterocycles. The lowest BCUT2D eigenvalue weighted by Crippen LogP contribution is -1.99. The van der Waals surface area contributed by atoms with E-state index in [1.807, 2.05) is 6.92 Å². The lowest BCUT2D eigenvalue weighted by Gasteiger charge is -2.11. The SMILES string of the molecule is CCCc1cc2ccc(-c3ccc(OC)cc3)c(F)c2c(F)c1F. The Hall–Kier alpha value is -2.49. The minimum absolute atomic E-state index is 0.228. The number of ether oxygens (including phenoxy) is 1.